The van der Waals surface area contributed by atoms with E-state index < -0.39 is 0 Å². The topological polar surface area (TPSA) is 58.1 Å². The Labute approximate surface area is 157 Å². The number of amides is 1. The molecule has 1 aromatic carbocycles. The van der Waals surface area contributed by atoms with Crippen LogP contribution >= 0.6 is 0 Å². The molecule has 0 bridgehead atoms. The van der Waals surface area contributed by atoms with Gasteiger partial charge in [-0.3, -0.25) is 9.78 Å². The van der Waals surface area contributed by atoms with Crippen molar-refractivity contribution in [1.29, 1.82) is 0 Å². The zero-order valence-electron chi connectivity index (χ0n) is 15.1. The predicted molar refractivity (Wildman–Crippen MR) is 103 cm³/mol. The zero-order valence-corrected chi connectivity index (χ0v) is 15.1. The van der Waals surface area contributed by atoms with Crippen LogP contribution in [-0.2, 0) is 13.0 Å². The van der Waals surface area contributed by atoms with Gasteiger partial charge in [0.15, 0.2) is 0 Å². The van der Waals surface area contributed by atoms with E-state index in [-0.39, 0.29) is 18.3 Å². The summed E-state index contributed by atoms with van der Waals surface area (Å²) in [5.74, 6) is -0.666. The van der Waals surface area contributed by atoms with Gasteiger partial charge in [0.1, 0.15) is 11.5 Å². The Morgan fingerprint density at radius 1 is 1.11 bits per heavy atom. The maximum Gasteiger partial charge on any atom is 0.270 e. The number of rotatable bonds is 7. The first-order valence-corrected chi connectivity index (χ1v) is 8.71. The lowest BCUT2D eigenvalue weighted by atomic mass is 10.2. The van der Waals surface area contributed by atoms with Crippen LogP contribution in [0.2, 0.25) is 0 Å². The fourth-order valence-corrected chi connectivity index (χ4v) is 2.63. The van der Waals surface area contributed by atoms with E-state index in [0.29, 0.717) is 11.3 Å². The first-order chi connectivity index (χ1) is 13.1. The van der Waals surface area contributed by atoms with Crippen molar-refractivity contribution in [2.24, 2.45) is 0 Å². The molecule has 0 aliphatic rings. The molecule has 0 saturated heterocycles. The van der Waals surface area contributed by atoms with E-state index in [2.05, 4.69) is 20.2 Å². The smallest absolute Gasteiger partial charge is 0.270 e. The van der Waals surface area contributed by atoms with Crippen LogP contribution in [0.25, 0.3) is 0 Å². The van der Waals surface area contributed by atoms with Crippen LogP contribution in [0.15, 0.2) is 67.1 Å². The van der Waals surface area contributed by atoms with Crippen molar-refractivity contribution in [3.63, 3.8) is 0 Å². The minimum atomic E-state index is -0.336. The van der Waals surface area contributed by atoms with Gasteiger partial charge < -0.3 is 10.2 Å². The summed E-state index contributed by atoms with van der Waals surface area (Å²) < 4.78 is 13.6. The quantitative estimate of drug-likeness (QED) is 0.699. The Balaban J connectivity index is 1.54. The highest BCUT2D eigenvalue weighted by Crippen LogP contribution is 2.13. The first kappa shape index (κ1) is 18.5. The first-order valence-electron chi connectivity index (χ1n) is 8.71. The zero-order chi connectivity index (χ0) is 19.1. The van der Waals surface area contributed by atoms with Crippen LogP contribution < -0.4 is 10.2 Å². The molecule has 0 aliphatic heterocycles. The van der Waals surface area contributed by atoms with Crippen LogP contribution in [-0.4, -0.2) is 29.5 Å². The van der Waals surface area contributed by atoms with E-state index in [1.54, 1.807) is 42.9 Å². The number of likely N-dealkylation sites (N-methyl/N-ethyl adjacent to an activating group) is 1. The van der Waals surface area contributed by atoms with Gasteiger partial charge in [0.2, 0.25) is 0 Å². The molecule has 1 amide bonds. The second-order valence-corrected chi connectivity index (χ2v) is 6.20. The lowest BCUT2D eigenvalue weighted by Crippen LogP contribution is -2.25. The van der Waals surface area contributed by atoms with Crippen molar-refractivity contribution in [3.05, 3.63) is 89.8 Å². The Morgan fingerprint density at radius 2 is 1.89 bits per heavy atom. The normalized spacial score (nSPS) is 10.4. The summed E-state index contributed by atoms with van der Waals surface area (Å²) in [5, 5.41) is 2.69. The number of nitrogens with one attached hydrogen (secondary N) is 1. The monoisotopic (exact) mass is 364 g/mol. The average molecular weight is 364 g/mol. The summed E-state index contributed by atoms with van der Waals surface area (Å²) in [7, 11) is 1.98. The molecule has 0 saturated carbocycles. The number of carbonyl (C=O) groups excluding carboxylic acids is 1. The number of benzene rings is 1. The SMILES string of the molecule is CN(CCc1ccncc1)c1ccc(C(=O)NCc2ccccc2F)nc1. The van der Waals surface area contributed by atoms with Crippen molar-refractivity contribution in [1.82, 2.24) is 15.3 Å². The molecule has 2 heterocycles. The summed E-state index contributed by atoms with van der Waals surface area (Å²) in [4.78, 5) is 22.5. The summed E-state index contributed by atoms with van der Waals surface area (Å²) in [6.45, 7) is 0.950. The van der Waals surface area contributed by atoms with E-state index in [0.717, 1.165) is 18.7 Å². The molecule has 1 N–H and O–H groups in total. The molecule has 0 radical (unpaired) electrons. The van der Waals surface area contributed by atoms with Crippen LogP contribution in [0.4, 0.5) is 10.1 Å². The molecule has 0 fully saturated rings. The number of aromatic nitrogens is 2. The van der Waals surface area contributed by atoms with Crippen molar-refractivity contribution in [2.75, 3.05) is 18.5 Å². The number of hydrogen-bond acceptors (Lipinski definition) is 4. The van der Waals surface area contributed by atoms with E-state index in [4.69, 9.17) is 0 Å². The van der Waals surface area contributed by atoms with Crippen molar-refractivity contribution in [2.45, 2.75) is 13.0 Å². The van der Waals surface area contributed by atoms with Crippen LogP contribution in [0.1, 0.15) is 21.6 Å². The molecule has 5 nitrogen and oxygen atoms in total. The van der Waals surface area contributed by atoms with E-state index in [1.165, 1.54) is 11.6 Å². The molecule has 0 spiro atoms. The van der Waals surface area contributed by atoms with Gasteiger partial charge in [0.05, 0.1) is 11.9 Å². The maximum absolute atomic E-state index is 13.6. The highest BCUT2D eigenvalue weighted by atomic mass is 19.1. The summed E-state index contributed by atoms with van der Waals surface area (Å²) in [6, 6.07) is 13.9. The van der Waals surface area contributed by atoms with E-state index in [1.807, 2.05) is 25.2 Å². The molecule has 0 atom stereocenters. The van der Waals surface area contributed by atoms with Gasteiger partial charge in [-0.1, -0.05) is 18.2 Å². The molecule has 3 aromatic rings. The van der Waals surface area contributed by atoms with Crippen LogP contribution in [0.5, 0.6) is 0 Å². The number of hydrogen-bond donors (Lipinski definition) is 1. The number of pyridine rings is 2. The third kappa shape index (κ3) is 5.10. The third-order valence-corrected chi connectivity index (χ3v) is 4.30. The molecule has 27 heavy (non-hydrogen) atoms. The predicted octanol–water partition coefficient (Wildman–Crippen LogP) is 3.22. The molecule has 2 aromatic heterocycles. The van der Waals surface area contributed by atoms with E-state index >= 15 is 0 Å². The highest BCUT2D eigenvalue weighted by molar-refractivity contribution is 5.92. The Hall–Kier alpha value is -3.28. The fourth-order valence-electron chi connectivity index (χ4n) is 2.63. The summed E-state index contributed by atoms with van der Waals surface area (Å²) >= 11 is 0. The Bertz CT molecular complexity index is 884. The van der Waals surface area contributed by atoms with Gasteiger partial charge in [-0.2, -0.15) is 0 Å². The lowest BCUT2D eigenvalue weighted by Gasteiger charge is -2.19. The lowest BCUT2D eigenvalue weighted by molar-refractivity contribution is 0.0945. The molecule has 0 unspecified atom stereocenters. The van der Waals surface area contributed by atoms with Gasteiger partial charge in [-0.15, -0.1) is 0 Å². The summed E-state index contributed by atoms with van der Waals surface area (Å²) in [5.41, 5.74) is 2.89. The molecule has 0 aliphatic carbocycles. The minimum absolute atomic E-state index is 0.126. The molecular weight excluding hydrogens is 343 g/mol. The largest absolute Gasteiger partial charge is 0.373 e. The maximum atomic E-state index is 13.6. The van der Waals surface area contributed by atoms with Crippen molar-refractivity contribution >= 4 is 11.6 Å². The van der Waals surface area contributed by atoms with Gasteiger partial charge in [-0.05, 0) is 42.3 Å². The average Bonchev–Trinajstić information content (AvgIpc) is 2.72. The second-order valence-electron chi connectivity index (χ2n) is 6.20. The van der Waals surface area contributed by atoms with Gasteiger partial charge >= 0.3 is 0 Å². The fraction of sp³-hybridized carbons (Fsp3) is 0.190. The second kappa shape index (κ2) is 8.89. The highest BCUT2D eigenvalue weighted by Gasteiger charge is 2.10. The van der Waals surface area contributed by atoms with Gasteiger partial charge in [-0.25, -0.2) is 9.37 Å². The number of nitrogens with zero attached hydrogens (tertiary/aromatic N) is 3. The molecular formula is C21H21FN4O. The summed E-state index contributed by atoms with van der Waals surface area (Å²) in [6.07, 6.45) is 6.13. The number of carbonyl (C=O) groups is 1. The third-order valence-electron chi connectivity index (χ3n) is 4.30. The van der Waals surface area contributed by atoms with Crippen molar-refractivity contribution < 1.29 is 9.18 Å². The number of anilines is 1. The number of halogens is 1. The van der Waals surface area contributed by atoms with E-state index in [9.17, 15) is 9.18 Å². The standard InChI is InChI=1S/C21H21FN4O/c1-26(13-10-16-8-11-23-12-9-16)18-6-7-20(24-15-18)21(27)25-14-17-4-2-3-5-19(17)22/h2-9,11-12,15H,10,13-14H2,1H3,(H,25,27). The molecule has 6 heteroatoms. The Morgan fingerprint density at radius 3 is 2.59 bits per heavy atom. The van der Waals surface area contributed by atoms with Crippen molar-refractivity contribution in [3.8, 4) is 0 Å². The Kier molecular flexibility index (Phi) is 6.10. The molecule has 3 rings (SSSR count). The van der Waals surface area contributed by atoms with Gasteiger partial charge in [0, 0.05) is 38.1 Å². The van der Waals surface area contributed by atoms with Gasteiger partial charge in [0.25, 0.3) is 5.91 Å². The molecule has 138 valence electrons. The van der Waals surface area contributed by atoms with Crippen LogP contribution in [0.3, 0.4) is 0 Å². The van der Waals surface area contributed by atoms with Crippen LogP contribution in [0, 0.1) is 5.82 Å². The minimum Gasteiger partial charge on any atom is -0.373 e.